The highest BCUT2D eigenvalue weighted by molar-refractivity contribution is 7.80. The maximum absolute atomic E-state index is 6.19. The highest BCUT2D eigenvalue weighted by atomic mass is 32.1. The molecular formula is C18H39NO3SSi. The Morgan fingerprint density at radius 3 is 2.50 bits per heavy atom. The van der Waals surface area contributed by atoms with Crippen LogP contribution >= 0.6 is 12.6 Å². The number of unbranched alkanes of at least 4 members (excludes halogenated alkanes) is 7. The molecule has 1 fully saturated rings. The summed E-state index contributed by atoms with van der Waals surface area (Å²) in [6.45, 7) is 6.85. The Morgan fingerprint density at radius 1 is 1.08 bits per heavy atom. The summed E-state index contributed by atoms with van der Waals surface area (Å²) in [5, 5.41) is 0. The molecule has 1 heterocycles. The van der Waals surface area contributed by atoms with E-state index in [2.05, 4.69) is 32.0 Å². The van der Waals surface area contributed by atoms with Gasteiger partial charge in [0.2, 0.25) is 0 Å². The minimum Gasteiger partial charge on any atom is -0.373 e. The first-order valence-corrected chi connectivity index (χ1v) is 12.6. The zero-order valence-corrected chi connectivity index (χ0v) is 17.8. The van der Waals surface area contributed by atoms with Crippen molar-refractivity contribution in [1.29, 1.82) is 0 Å². The van der Waals surface area contributed by atoms with E-state index < -0.39 is 8.80 Å². The third-order valence-electron chi connectivity index (χ3n) is 4.55. The van der Waals surface area contributed by atoms with Crippen LogP contribution in [0.1, 0.15) is 78.1 Å². The fraction of sp³-hybridized carbons (Fsp3) is 1.00. The van der Waals surface area contributed by atoms with Crippen LogP contribution in [0, 0.1) is 5.92 Å². The van der Waals surface area contributed by atoms with E-state index in [1.165, 1.54) is 44.9 Å². The van der Waals surface area contributed by atoms with E-state index in [4.69, 9.17) is 13.4 Å². The first-order valence-electron chi connectivity index (χ1n) is 10.0. The molecule has 1 aliphatic heterocycles. The van der Waals surface area contributed by atoms with E-state index >= 15 is 0 Å². The number of hydrogen-bond acceptors (Lipinski definition) is 5. The second kappa shape index (κ2) is 14.6. The predicted octanol–water partition coefficient (Wildman–Crippen LogP) is 4.98. The van der Waals surface area contributed by atoms with E-state index in [-0.39, 0.29) is 0 Å². The van der Waals surface area contributed by atoms with Gasteiger partial charge in [-0.15, -0.1) is 0 Å². The van der Waals surface area contributed by atoms with Crippen molar-refractivity contribution in [2.45, 2.75) is 84.1 Å². The van der Waals surface area contributed by atoms with Crippen LogP contribution in [0.3, 0.4) is 0 Å². The molecular weight excluding hydrogens is 338 g/mol. The average Bonchev–Trinajstić information content (AvgIpc) is 2.56. The minimum atomic E-state index is -2.56. The van der Waals surface area contributed by atoms with Crippen LogP contribution in [-0.4, -0.2) is 34.3 Å². The molecule has 0 bridgehead atoms. The topological polar surface area (TPSA) is 39.7 Å². The lowest BCUT2D eigenvalue weighted by Crippen LogP contribution is -2.52. The summed E-state index contributed by atoms with van der Waals surface area (Å²) in [5.74, 6) is 1.42. The molecule has 1 saturated heterocycles. The fourth-order valence-corrected chi connectivity index (χ4v) is 5.71. The van der Waals surface area contributed by atoms with Gasteiger partial charge in [0.1, 0.15) is 0 Å². The van der Waals surface area contributed by atoms with Crippen molar-refractivity contribution in [3.63, 3.8) is 0 Å². The Morgan fingerprint density at radius 2 is 1.79 bits per heavy atom. The number of rotatable bonds is 13. The van der Waals surface area contributed by atoms with Crippen LogP contribution in [0.4, 0.5) is 0 Å². The fourth-order valence-electron chi connectivity index (χ4n) is 2.87. The lowest BCUT2D eigenvalue weighted by molar-refractivity contribution is -0.00168. The summed E-state index contributed by atoms with van der Waals surface area (Å²) in [7, 11) is -2.56. The third kappa shape index (κ3) is 10.4. The van der Waals surface area contributed by atoms with E-state index in [0.29, 0.717) is 5.92 Å². The minimum absolute atomic E-state index is 0.578. The molecule has 144 valence electrons. The quantitative estimate of drug-likeness (QED) is 0.270. The van der Waals surface area contributed by atoms with E-state index in [9.17, 15) is 0 Å². The number of hydrogen-bond donors (Lipinski definition) is 2. The SMILES string of the molecule is CCCCCCCCCCO[Si]1(CCCS)OCCC(C)CNO1. The van der Waals surface area contributed by atoms with Gasteiger partial charge in [-0.25, -0.2) is 5.48 Å². The monoisotopic (exact) mass is 377 g/mol. The smallest absolute Gasteiger partial charge is 0.373 e. The van der Waals surface area contributed by atoms with Crippen molar-refractivity contribution in [3.8, 4) is 0 Å². The Bertz CT molecular complexity index is 287. The van der Waals surface area contributed by atoms with E-state index in [0.717, 1.165) is 50.8 Å². The first-order chi connectivity index (χ1) is 11.7. The summed E-state index contributed by atoms with van der Waals surface area (Å²) in [5.41, 5.74) is 3.10. The van der Waals surface area contributed by atoms with Gasteiger partial charge in [0.15, 0.2) is 0 Å². The van der Waals surface area contributed by atoms with Crippen LogP contribution in [0.15, 0.2) is 0 Å². The summed E-state index contributed by atoms with van der Waals surface area (Å²) in [6, 6.07) is 0.856. The molecule has 24 heavy (non-hydrogen) atoms. The van der Waals surface area contributed by atoms with Gasteiger partial charge in [-0.1, -0.05) is 58.8 Å². The summed E-state index contributed by atoms with van der Waals surface area (Å²) in [6.07, 6.45) is 12.5. The molecule has 4 nitrogen and oxygen atoms in total. The zero-order chi connectivity index (χ0) is 17.5. The maximum atomic E-state index is 6.19. The lowest BCUT2D eigenvalue weighted by atomic mass is 10.1. The molecule has 0 aromatic heterocycles. The van der Waals surface area contributed by atoms with Crippen LogP contribution in [0.5, 0.6) is 0 Å². The molecule has 2 unspecified atom stereocenters. The number of thiol groups is 1. The molecule has 0 saturated carbocycles. The molecule has 0 aromatic carbocycles. The molecule has 1 N–H and O–H groups in total. The van der Waals surface area contributed by atoms with Crippen molar-refractivity contribution in [2.24, 2.45) is 5.92 Å². The summed E-state index contributed by atoms with van der Waals surface area (Å²) < 4.78 is 18.2. The number of nitrogens with one attached hydrogen (secondary N) is 1. The Labute approximate surface area is 156 Å². The van der Waals surface area contributed by atoms with E-state index in [1.54, 1.807) is 0 Å². The lowest BCUT2D eigenvalue weighted by Gasteiger charge is -2.32. The van der Waals surface area contributed by atoms with Gasteiger partial charge < -0.3 is 8.85 Å². The molecule has 0 radical (unpaired) electrons. The van der Waals surface area contributed by atoms with Gasteiger partial charge >= 0.3 is 8.80 Å². The second-order valence-electron chi connectivity index (χ2n) is 7.03. The summed E-state index contributed by atoms with van der Waals surface area (Å²) in [4.78, 5) is 0. The summed E-state index contributed by atoms with van der Waals surface area (Å²) >= 11 is 4.33. The van der Waals surface area contributed by atoms with Crippen molar-refractivity contribution in [3.05, 3.63) is 0 Å². The van der Waals surface area contributed by atoms with Gasteiger partial charge in [0, 0.05) is 25.8 Å². The van der Waals surface area contributed by atoms with Gasteiger partial charge in [-0.2, -0.15) is 12.6 Å². The molecule has 6 heteroatoms. The standard InChI is InChI=1S/C18H39NO3SSi/c1-3-4-5-6-7-8-9-10-13-20-24(16-11-15-23)21-14-12-18(2)17-19-22-24/h18-19,23H,3-17H2,1-2H3. The first kappa shape index (κ1) is 22.4. The second-order valence-corrected chi connectivity index (χ2v) is 10.1. The van der Waals surface area contributed by atoms with Crippen molar-refractivity contribution in [1.82, 2.24) is 5.48 Å². The molecule has 0 amide bonds. The molecule has 0 spiro atoms. The highest BCUT2D eigenvalue weighted by Crippen LogP contribution is 2.21. The van der Waals surface area contributed by atoms with Gasteiger partial charge in [0.05, 0.1) is 0 Å². The van der Waals surface area contributed by atoms with Crippen LogP contribution in [0.2, 0.25) is 6.04 Å². The van der Waals surface area contributed by atoms with E-state index in [1.807, 2.05) is 0 Å². The number of hydroxylamine groups is 1. The largest absolute Gasteiger partial charge is 0.517 e. The molecule has 2 atom stereocenters. The Kier molecular flexibility index (Phi) is 13.6. The maximum Gasteiger partial charge on any atom is 0.517 e. The molecule has 1 aliphatic rings. The normalized spacial score (nSPS) is 25.4. The van der Waals surface area contributed by atoms with Crippen molar-refractivity contribution in [2.75, 3.05) is 25.5 Å². The molecule has 0 aliphatic carbocycles. The van der Waals surface area contributed by atoms with Crippen LogP contribution in [-0.2, 0) is 13.4 Å². The van der Waals surface area contributed by atoms with Gasteiger partial charge in [0.25, 0.3) is 0 Å². The molecule has 0 aromatic rings. The molecule has 1 rings (SSSR count). The van der Waals surface area contributed by atoms with Gasteiger partial charge in [-0.05, 0) is 30.9 Å². The van der Waals surface area contributed by atoms with Gasteiger partial charge in [-0.3, -0.25) is 4.53 Å². The Hall–Kier alpha value is 0.407. The van der Waals surface area contributed by atoms with Crippen molar-refractivity contribution < 1.29 is 13.4 Å². The van der Waals surface area contributed by atoms with Crippen molar-refractivity contribution >= 4 is 21.4 Å². The van der Waals surface area contributed by atoms with Crippen LogP contribution in [0.25, 0.3) is 0 Å². The third-order valence-corrected chi connectivity index (χ3v) is 7.58. The van der Waals surface area contributed by atoms with Crippen LogP contribution < -0.4 is 5.48 Å². The average molecular weight is 378 g/mol. The Balaban J connectivity index is 2.22. The zero-order valence-electron chi connectivity index (χ0n) is 15.9. The highest BCUT2D eigenvalue weighted by Gasteiger charge is 2.42. The predicted molar refractivity (Wildman–Crippen MR) is 106 cm³/mol.